The molecule has 0 spiro atoms. The Bertz CT molecular complexity index is 1130. The SMILES string of the molecule is CS(=O)(=O)c1ccc(S(=O)(=O)NC[C@@H](Oc2ccc(C(F)(F)F)cc2)C2CCNC2)cc1. The van der Waals surface area contributed by atoms with E-state index < -0.39 is 37.7 Å². The topological polar surface area (TPSA) is 102 Å². The van der Waals surface area contributed by atoms with Crippen LogP contribution in [0.15, 0.2) is 58.3 Å². The second-order valence-electron chi connectivity index (χ2n) is 7.53. The number of halogens is 3. The van der Waals surface area contributed by atoms with Gasteiger partial charge in [-0.2, -0.15) is 13.2 Å². The molecule has 2 N–H and O–H groups in total. The van der Waals surface area contributed by atoms with Crippen LogP contribution in [0.2, 0.25) is 0 Å². The molecule has 32 heavy (non-hydrogen) atoms. The van der Waals surface area contributed by atoms with Crippen LogP contribution in [-0.2, 0) is 26.0 Å². The number of ether oxygens (including phenoxy) is 1. The maximum absolute atomic E-state index is 12.8. The molecule has 0 aromatic heterocycles. The van der Waals surface area contributed by atoms with Crippen molar-refractivity contribution in [2.45, 2.75) is 28.5 Å². The van der Waals surface area contributed by atoms with Crippen LogP contribution in [0.1, 0.15) is 12.0 Å². The summed E-state index contributed by atoms with van der Waals surface area (Å²) in [5, 5.41) is 3.15. The number of alkyl halides is 3. The summed E-state index contributed by atoms with van der Waals surface area (Å²) in [6, 6.07) is 9.04. The molecule has 1 fully saturated rings. The molecular formula is C20H23F3N2O5S2. The van der Waals surface area contributed by atoms with Crippen LogP contribution in [0, 0.1) is 5.92 Å². The van der Waals surface area contributed by atoms with Gasteiger partial charge in [0.15, 0.2) is 9.84 Å². The minimum atomic E-state index is -4.46. The Balaban J connectivity index is 1.73. The van der Waals surface area contributed by atoms with Crippen LogP contribution >= 0.6 is 0 Å². The second kappa shape index (κ2) is 9.38. The van der Waals surface area contributed by atoms with Gasteiger partial charge in [0.2, 0.25) is 10.0 Å². The van der Waals surface area contributed by atoms with E-state index in [1.807, 2.05) is 0 Å². The third-order valence-electron chi connectivity index (χ3n) is 5.13. The summed E-state index contributed by atoms with van der Waals surface area (Å²) in [5.74, 6) is 0.152. The van der Waals surface area contributed by atoms with E-state index in [0.717, 1.165) is 31.4 Å². The lowest BCUT2D eigenvalue weighted by Gasteiger charge is -2.25. The van der Waals surface area contributed by atoms with E-state index >= 15 is 0 Å². The zero-order chi connectivity index (χ0) is 23.6. The van der Waals surface area contributed by atoms with E-state index in [2.05, 4.69) is 10.0 Å². The number of rotatable bonds is 8. The normalized spacial score (nSPS) is 18.4. The zero-order valence-electron chi connectivity index (χ0n) is 17.1. The fraction of sp³-hybridized carbons (Fsp3) is 0.400. The van der Waals surface area contributed by atoms with E-state index in [4.69, 9.17) is 4.74 Å². The van der Waals surface area contributed by atoms with Gasteiger partial charge in [-0.25, -0.2) is 21.6 Å². The summed E-state index contributed by atoms with van der Waals surface area (Å²) in [7, 11) is -7.42. The molecule has 7 nitrogen and oxygen atoms in total. The minimum Gasteiger partial charge on any atom is -0.489 e. The van der Waals surface area contributed by atoms with Crippen molar-refractivity contribution < 1.29 is 34.7 Å². The van der Waals surface area contributed by atoms with E-state index in [1.165, 1.54) is 36.4 Å². The van der Waals surface area contributed by atoms with E-state index in [0.29, 0.717) is 6.54 Å². The van der Waals surface area contributed by atoms with Gasteiger partial charge in [-0.05, 0) is 61.5 Å². The Kier molecular flexibility index (Phi) is 7.18. The van der Waals surface area contributed by atoms with E-state index in [9.17, 15) is 30.0 Å². The van der Waals surface area contributed by atoms with Crippen molar-refractivity contribution in [3.05, 3.63) is 54.1 Å². The van der Waals surface area contributed by atoms with Crippen LogP contribution in [0.3, 0.4) is 0 Å². The molecule has 0 saturated carbocycles. The predicted molar refractivity (Wildman–Crippen MR) is 112 cm³/mol. The van der Waals surface area contributed by atoms with Crippen LogP contribution in [-0.4, -0.2) is 48.8 Å². The van der Waals surface area contributed by atoms with Crippen molar-refractivity contribution in [1.29, 1.82) is 0 Å². The highest BCUT2D eigenvalue weighted by Crippen LogP contribution is 2.31. The molecule has 0 radical (unpaired) electrons. The summed E-state index contributed by atoms with van der Waals surface area (Å²) in [6.07, 6.45) is -3.34. The third-order valence-corrected chi connectivity index (χ3v) is 7.70. The Labute approximate surface area is 184 Å². The fourth-order valence-electron chi connectivity index (χ4n) is 3.34. The molecule has 1 heterocycles. The van der Waals surface area contributed by atoms with Crippen LogP contribution in [0.5, 0.6) is 5.75 Å². The van der Waals surface area contributed by atoms with Crippen LogP contribution in [0.25, 0.3) is 0 Å². The van der Waals surface area contributed by atoms with Crippen LogP contribution < -0.4 is 14.8 Å². The number of nitrogens with one attached hydrogen (secondary N) is 2. The average molecular weight is 493 g/mol. The maximum Gasteiger partial charge on any atom is 0.416 e. The Morgan fingerprint density at radius 1 is 1.03 bits per heavy atom. The Hall–Kier alpha value is -2.15. The third kappa shape index (κ3) is 6.21. The summed E-state index contributed by atoms with van der Waals surface area (Å²) >= 11 is 0. The predicted octanol–water partition coefficient (Wildman–Crippen LogP) is 2.44. The standard InChI is InChI=1S/C20H23F3N2O5S2/c1-31(26,27)17-6-8-18(9-7-17)32(28,29)25-13-19(14-10-11-24-12-14)30-16-4-2-15(3-5-16)20(21,22)23/h2-9,14,19,24-25H,10-13H2,1H3/t14?,19-/m1/s1. The summed E-state index contributed by atoms with van der Waals surface area (Å²) in [6.45, 7) is 1.19. The molecule has 2 aromatic carbocycles. The maximum atomic E-state index is 12.8. The minimum absolute atomic E-state index is 0.00278. The van der Waals surface area contributed by atoms with Gasteiger partial charge in [-0.15, -0.1) is 0 Å². The molecule has 176 valence electrons. The largest absolute Gasteiger partial charge is 0.489 e. The first-order valence-electron chi connectivity index (χ1n) is 9.71. The average Bonchev–Trinajstić information content (AvgIpc) is 3.25. The molecule has 2 aromatic rings. The molecule has 12 heteroatoms. The smallest absolute Gasteiger partial charge is 0.416 e. The molecule has 0 bridgehead atoms. The summed E-state index contributed by atoms with van der Waals surface area (Å²) < 4.78 is 95.1. The molecule has 3 rings (SSSR count). The number of sulfone groups is 1. The monoisotopic (exact) mass is 492 g/mol. The quantitative estimate of drug-likeness (QED) is 0.587. The van der Waals surface area contributed by atoms with Gasteiger partial charge >= 0.3 is 6.18 Å². The highest BCUT2D eigenvalue weighted by Gasteiger charge is 2.31. The second-order valence-corrected chi connectivity index (χ2v) is 11.3. The van der Waals surface area contributed by atoms with Crippen molar-refractivity contribution in [2.24, 2.45) is 5.92 Å². The number of benzene rings is 2. The molecule has 2 atom stereocenters. The van der Waals surface area contributed by atoms with Gasteiger partial charge in [-0.3, -0.25) is 0 Å². The van der Waals surface area contributed by atoms with Crippen molar-refractivity contribution in [3.63, 3.8) is 0 Å². The number of sulfonamides is 1. The zero-order valence-corrected chi connectivity index (χ0v) is 18.7. The molecule has 0 aliphatic carbocycles. The number of hydrogen-bond donors (Lipinski definition) is 2. The molecule has 1 unspecified atom stereocenters. The van der Waals surface area contributed by atoms with Crippen molar-refractivity contribution >= 4 is 19.9 Å². The summed E-state index contributed by atoms with van der Waals surface area (Å²) in [5.41, 5.74) is -0.804. The molecular weight excluding hydrogens is 469 g/mol. The van der Waals surface area contributed by atoms with Gasteiger partial charge in [0.25, 0.3) is 0 Å². The van der Waals surface area contributed by atoms with Gasteiger partial charge in [0.1, 0.15) is 11.9 Å². The lowest BCUT2D eigenvalue weighted by Crippen LogP contribution is -2.40. The highest BCUT2D eigenvalue weighted by molar-refractivity contribution is 7.90. The van der Waals surface area contributed by atoms with E-state index in [-0.39, 0.29) is 28.0 Å². The van der Waals surface area contributed by atoms with E-state index in [1.54, 1.807) is 0 Å². The van der Waals surface area contributed by atoms with Gasteiger partial charge < -0.3 is 10.1 Å². The molecule has 1 saturated heterocycles. The molecule has 0 amide bonds. The van der Waals surface area contributed by atoms with Crippen LogP contribution in [0.4, 0.5) is 13.2 Å². The first-order chi connectivity index (χ1) is 14.9. The summed E-state index contributed by atoms with van der Waals surface area (Å²) in [4.78, 5) is -0.111. The highest BCUT2D eigenvalue weighted by atomic mass is 32.2. The molecule has 1 aliphatic rings. The van der Waals surface area contributed by atoms with Crippen molar-refractivity contribution in [1.82, 2.24) is 10.0 Å². The van der Waals surface area contributed by atoms with Gasteiger partial charge in [-0.1, -0.05) is 0 Å². The lowest BCUT2D eigenvalue weighted by molar-refractivity contribution is -0.137. The van der Waals surface area contributed by atoms with Gasteiger partial charge in [0.05, 0.1) is 15.4 Å². The van der Waals surface area contributed by atoms with Gasteiger partial charge in [0, 0.05) is 25.3 Å². The van der Waals surface area contributed by atoms with Crippen molar-refractivity contribution in [3.8, 4) is 5.75 Å². The fourth-order valence-corrected chi connectivity index (χ4v) is 5.01. The first-order valence-corrected chi connectivity index (χ1v) is 13.1. The Morgan fingerprint density at radius 2 is 1.62 bits per heavy atom. The number of hydrogen-bond acceptors (Lipinski definition) is 6. The first kappa shape index (κ1) is 24.5. The lowest BCUT2D eigenvalue weighted by atomic mass is 10.0. The molecule has 1 aliphatic heterocycles. The van der Waals surface area contributed by atoms with Crippen molar-refractivity contribution in [2.75, 3.05) is 25.9 Å². The Morgan fingerprint density at radius 3 is 2.12 bits per heavy atom.